The molecule has 0 saturated carbocycles. The fraction of sp³-hybridized carbons (Fsp3) is 0.545. The van der Waals surface area contributed by atoms with E-state index in [0.717, 1.165) is 44.2 Å². The fourth-order valence-corrected chi connectivity index (χ4v) is 4.26. The molecule has 1 aliphatic rings. The van der Waals surface area contributed by atoms with Crippen molar-refractivity contribution in [1.82, 2.24) is 0 Å². The summed E-state index contributed by atoms with van der Waals surface area (Å²) in [6, 6.07) is 11.4. The van der Waals surface area contributed by atoms with Gasteiger partial charge in [-0.15, -0.1) is 0 Å². The van der Waals surface area contributed by atoms with Crippen molar-refractivity contribution in [3.63, 3.8) is 0 Å². The van der Waals surface area contributed by atoms with E-state index < -0.39 is 11.0 Å². The number of nitrogens with zero attached hydrogens (tertiary/aromatic N) is 1. The van der Waals surface area contributed by atoms with E-state index in [2.05, 4.69) is 6.92 Å². The lowest BCUT2D eigenvalue weighted by molar-refractivity contribution is -0.0392. The number of hydrogen-bond donors (Lipinski definition) is 1. The topological polar surface area (TPSA) is 57.6 Å². The molecule has 4 heteroatoms. The fourth-order valence-electron chi connectivity index (χ4n) is 4.26. The lowest BCUT2D eigenvalue weighted by Crippen LogP contribution is -2.49. The summed E-state index contributed by atoms with van der Waals surface area (Å²) in [4.78, 5) is 25.1. The van der Waals surface area contributed by atoms with Gasteiger partial charge in [0.05, 0.1) is 11.3 Å². The first-order valence-corrected chi connectivity index (χ1v) is 9.89. The molecule has 4 nitrogen and oxygen atoms in total. The molecular weight excluding hydrogens is 326 g/mol. The molecule has 0 aliphatic carbocycles. The molecule has 0 bridgehead atoms. The molecular formula is C22H29NO3. The molecule has 0 aromatic heterocycles. The molecule has 140 valence electrons. The monoisotopic (exact) mass is 355 g/mol. The summed E-state index contributed by atoms with van der Waals surface area (Å²) in [6.07, 6.45) is 7.08. The molecule has 2 aromatic carbocycles. The number of anilines is 1. The summed E-state index contributed by atoms with van der Waals surface area (Å²) >= 11 is 0. The highest BCUT2D eigenvalue weighted by Crippen LogP contribution is 2.40. The van der Waals surface area contributed by atoms with Crippen LogP contribution >= 0.6 is 0 Å². The van der Waals surface area contributed by atoms with Crippen molar-refractivity contribution in [2.45, 2.75) is 57.5 Å². The molecule has 1 aliphatic heterocycles. The van der Waals surface area contributed by atoms with E-state index in [1.54, 1.807) is 0 Å². The molecule has 1 N–H and O–H groups in total. The predicted molar refractivity (Wildman–Crippen MR) is 105 cm³/mol. The second kappa shape index (κ2) is 8.17. The van der Waals surface area contributed by atoms with Gasteiger partial charge in [0, 0.05) is 25.1 Å². The second-order valence-electron chi connectivity index (χ2n) is 7.61. The van der Waals surface area contributed by atoms with Gasteiger partial charge in [-0.25, -0.2) is 0 Å². The van der Waals surface area contributed by atoms with E-state index >= 15 is 0 Å². The maximum absolute atomic E-state index is 11.8. The first kappa shape index (κ1) is 18.8. The molecule has 0 unspecified atom stereocenters. The van der Waals surface area contributed by atoms with Crippen LogP contribution in [0.15, 0.2) is 46.0 Å². The zero-order chi connectivity index (χ0) is 18.6. The highest BCUT2D eigenvalue weighted by molar-refractivity contribution is 5.50. The maximum atomic E-state index is 11.8. The summed E-state index contributed by atoms with van der Waals surface area (Å²) in [5.74, 6) is 0.0599. The Labute approximate surface area is 155 Å². The molecule has 2 atom stereocenters. The van der Waals surface area contributed by atoms with Crippen LogP contribution in [-0.4, -0.2) is 18.2 Å². The van der Waals surface area contributed by atoms with Crippen LogP contribution in [0.5, 0.6) is 0 Å². The van der Waals surface area contributed by atoms with E-state index in [4.69, 9.17) is 0 Å². The van der Waals surface area contributed by atoms with Crippen LogP contribution in [0.2, 0.25) is 0 Å². The molecule has 26 heavy (non-hydrogen) atoms. The quantitative estimate of drug-likeness (QED) is 0.583. The summed E-state index contributed by atoms with van der Waals surface area (Å²) in [5.41, 5.74) is -0.170. The molecule has 3 rings (SSSR count). The Morgan fingerprint density at radius 3 is 2.58 bits per heavy atom. The second-order valence-corrected chi connectivity index (χ2v) is 7.61. The van der Waals surface area contributed by atoms with Crippen molar-refractivity contribution >= 4 is 5.69 Å². The lowest BCUT2D eigenvalue weighted by Gasteiger charge is -2.43. The smallest absolute Gasteiger partial charge is 0.249 e. The Hall–Kier alpha value is -1.94. The number of unbranched alkanes of at least 4 members (excludes halogenated alkanes) is 3. The number of benzene rings is 1. The molecule has 0 radical (unpaired) electrons. The number of piperidine rings is 1. The van der Waals surface area contributed by atoms with Gasteiger partial charge in [0.1, 0.15) is 0 Å². The first-order chi connectivity index (χ1) is 12.6. The van der Waals surface area contributed by atoms with Crippen molar-refractivity contribution in [1.29, 1.82) is 0 Å². The number of rotatable bonds is 8. The Balaban J connectivity index is 1.80. The average molecular weight is 355 g/mol. The third kappa shape index (κ3) is 3.75. The normalized spacial score (nSPS) is 20.2. The minimum Gasteiger partial charge on any atom is -0.385 e. The summed E-state index contributed by atoms with van der Waals surface area (Å²) in [6.45, 7) is 3.60. The van der Waals surface area contributed by atoms with Crippen molar-refractivity contribution in [2.24, 2.45) is 5.92 Å². The highest BCUT2D eigenvalue weighted by atomic mass is 16.3. The van der Waals surface area contributed by atoms with E-state index in [-0.39, 0.29) is 11.3 Å². The molecule has 0 spiro atoms. The lowest BCUT2D eigenvalue weighted by atomic mass is 9.74. The molecule has 1 saturated heterocycles. The van der Waals surface area contributed by atoms with Crippen molar-refractivity contribution < 1.29 is 5.11 Å². The van der Waals surface area contributed by atoms with Crippen LogP contribution in [-0.2, 0) is 5.60 Å². The minimum atomic E-state index is -0.884. The van der Waals surface area contributed by atoms with Crippen LogP contribution < -0.4 is 15.8 Å². The zero-order valence-electron chi connectivity index (χ0n) is 15.6. The largest absolute Gasteiger partial charge is 0.385 e. The number of hydrogen-bond acceptors (Lipinski definition) is 4. The zero-order valence-corrected chi connectivity index (χ0v) is 15.6. The molecule has 2 aromatic rings. The van der Waals surface area contributed by atoms with Crippen LogP contribution in [0.4, 0.5) is 5.69 Å². The highest BCUT2D eigenvalue weighted by Gasteiger charge is 2.40. The van der Waals surface area contributed by atoms with Crippen molar-refractivity contribution in [3.05, 3.63) is 62.4 Å². The van der Waals surface area contributed by atoms with Gasteiger partial charge in [-0.05, 0) is 24.8 Å². The summed E-state index contributed by atoms with van der Waals surface area (Å²) in [5, 5.41) is 11.7. The third-order valence-corrected chi connectivity index (χ3v) is 5.85. The van der Waals surface area contributed by atoms with Crippen LogP contribution in [0.3, 0.4) is 0 Å². The van der Waals surface area contributed by atoms with Crippen molar-refractivity contribution in [2.75, 3.05) is 18.0 Å². The van der Waals surface area contributed by atoms with E-state index in [1.165, 1.54) is 18.9 Å². The SMILES string of the molecule is CCCCCC[C@@](O)(c1ccccc1)[C@@H]1CCCN(c2cc(=O)c2=O)C1. The first-order valence-electron chi connectivity index (χ1n) is 9.89. The van der Waals surface area contributed by atoms with Gasteiger partial charge in [0.15, 0.2) is 0 Å². The Kier molecular flexibility index (Phi) is 5.92. The van der Waals surface area contributed by atoms with Crippen LogP contribution in [0.1, 0.15) is 57.4 Å². The minimum absolute atomic E-state index is 0.0599. The standard InChI is InChI=1S/C22H29NO3/c1-2-3-4-8-13-22(26,17-10-6-5-7-11-17)18-12-9-14-23(16-18)19-15-20(24)21(19)25/h5-7,10-11,15,18,26H,2-4,8-9,12-14,16H2,1H3/t18-,22-/m1/s1. The predicted octanol–water partition coefficient (Wildman–Crippen LogP) is 3.36. The van der Waals surface area contributed by atoms with Crippen LogP contribution in [0, 0.1) is 5.92 Å². The van der Waals surface area contributed by atoms with Gasteiger partial charge >= 0.3 is 0 Å². The van der Waals surface area contributed by atoms with Gasteiger partial charge < -0.3 is 10.0 Å². The van der Waals surface area contributed by atoms with E-state index in [0.29, 0.717) is 12.2 Å². The Bertz CT molecular complexity index is 778. The summed E-state index contributed by atoms with van der Waals surface area (Å²) in [7, 11) is 0. The maximum Gasteiger partial charge on any atom is 0.249 e. The average Bonchev–Trinajstić information content (AvgIpc) is 2.69. The Morgan fingerprint density at radius 1 is 1.15 bits per heavy atom. The van der Waals surface area contributed by atoms with E-state index in [9.17, 15) is 14.7 Å². The van der Waals surface area contributed by atoms with Crippen molar-refractivity contribution in [3.8, 4) is 0 Å². The Morgan fingerprint density at radius 2 is 1.92 bits per heavy atom. The van der Waals surface area contributed by atoms with Gasteiger partial charge in [-0.1, -0.05) is 62.9 Å². The van der Waals surface area contributed by atoms with Gasteiger partial charge in [-0.2, -0.15) is 0 Å². The van der Waals surface area contributed by atoms with Gasteiger partial charge in [-0.3, -0.25) is 9.59 Å². The molecule has 1 fully saturated rings. The van der Waals surface area contributed by atoms with Gasteiger partial charge in [0.2, 0.25) is 10.9 Å². The number of aliphatic hydroxyl groups is 1. The van der Waals surface area contributed by atoms with E-state index in [1.807, 2.05) is 35.2 Å². The van der Waals surface area contributed by atoms with Crippen LogP contribution in [0.25, 0.3) is 0 Å². The van der Waals surface area contributed by atoms with Gasteiger partial charge in [0.25, 0.3) is 0 Å². The molecule has 1 heterocycles. The third-order valence-electron chi connectivity index (χ3n) is 5.85. The summed E-state index contributed by atoms with van der Waals surface area (Å²) < 4.78 is 0. The molecule has 0 amide bonds.